The van der Waals surface area contributed by atoms with Gasteiger partial charge in [-0.05, 0) is 0 Å². The topological polar surface area (TPSA) is 19.9 Å². The Labute approximate surface area is 61.8 Å². The van der Waals surface area contributed by atoms with Crippen LogP contribution in [0.1, 0.15) is 27.7 Å². The van der Waals surface area contributed by atoms with Gasteiger partial charge >= 0.3 is 0 Å². The molecule has 0 heterocycles. The highest BCUT2D eigenvalue weighted by Gasteiger charge is 2.14. The summed E-state index contributed by atoms with van der Waals surface area (Å²) in [6, 6.07) is 0. The molecule has 55 valence electrons. The van der Waals surface area contributed by atoms with Crippen molar-refractivity contribution in [2.24, 2.45) is 0 Å². The average Bonchev–Trinajstić information content (AvgIpc) is 1.62. The molecule has 0 aromatic carbocycles. The normalized spacial score (nSPS) is 15.7. The molecular formula is C7H15OS. The van der Waals surface area contributed by atoms with Crippen LogP contribution in [0.2, 0.25) is 0 Å². The Kier molecular flexibility index (Phi) is 3.59. The predicted octanol–water partition coefficient (Wildman–Crippen LogP) is 2.34. The van der Waals surface area contributed by atoms with Gasteiger partial charge in [-0.1, -0.05) is 27.7 Å². The van der Waals surface area contributed by atoms with E-state index in [0.29, 0.717) is 0 Å². The molecule has 1 atom stereocenters. The van der Waals surface area contributed by atoms with Crippen LogP contribution in [0.4, 0.5) is 0 Å². The number of rotatable bonds is 2. The summed E-state index contributed by atoms with van der Waals surface area (Å²) in [5.41, 5.74) is 0. The van der Waals surface area contributed by atoms with Gasteiger partial charge in [0.2, 0.25) is 0 Å². The van der Waals surface area contributed by atoms with E-state index in [9.17, 15) is 5.11 Å². The first-order valence-electron chi connectivity index (χ1n) is 3.21. The zero-order valence-electron chi connectivity index (χ0n) is 6.60. The van der Waals surface area contributed by atoms with E-state index >= 15 is 0 Å². The molecule has 0 spiro atoms. The largest absolute Gasteiger partial charge is 0.236 e. The summed E-state index contributed by atoms with van der Waals surface area (Å²) in [5.74, 6) is 0. The van der Waals surface area contributed by atoms with E-state index in [0.717, 1.165) is 0 Å². The maximum atomic E-state index is 10.3. The molecule has 0 saturated carbocycles. The summed E-state index contributed by atoms with van der Waals surface area (Å²) in [4.78, 5) is 0. The molecule has 0 aromatic rings. The highest BCUT2D eigenvalue weighted by atomic mass is 32.2. The van der Waals surface area contributed by atoms with Crippen LogP contribution in [0, 0.1) is 0 Å². The molecule has 0 amide bonds. The van der Waals surface area contributed by atoms with E-state index in [2.05, 4.69) is 20.8 Å². The van der Waals surface area contributed by atoms with Crippen molar-refractivity contribution >= 4 is 11.8 Å². The van der Waals surface area contributed by atoms with E-state index in [1.807, 2.05) is 6.92 Å². The number of thioether (sulfide) groups is 1. The molecule has 0 rings (SSSR count). The van der Waals surface area contributed by atoms with Crippen molar-refractivity contribution in [1.82, 2.24) is 0 Å². The summed E-state index contributed by atoms with van der Waals surface area (Å²) in [7, 11) is 0. The maximum Gasteiger partial charge on any atom is 0.0938 e. The summed E-state index contributed by atoms with van der Waals surface area (Å²) in [6.45, 7) is 8.39. The van der Waals surface area contributed by atoms with Gasteiger partial charge in [-0.2, -0.15) is 11.8 Å². The Hall–Kier alpha value is 0.310. The van der Waals surface area contributed by atoms with Gasteiger partial charge in [0.15, 0.2) is 0 Å². The summed E-state index contributed by atoms with van der Waals surface area (Å²) < 4.78 is 0.240. The molecule has 0 aliphatic rings. The minimum absolute atomic E-state index is 0.0297. The lowest BCUT2D eigenvalue weighted by molar-refractivity contribution is 0.197. The van der Waals surface area contributed by atoms with Crippen molar-refractivity contribution in [2.45, 2.75) is 37.7 Å². The lowest BCUT2D eigenvalue weighted by Crippen LogP contribution is -2.15. The molecule has 0 saturated heterocycles. The zero-order chi connectivity index (χ0) is 7.49. The number of hydrogen-bond donors (Lipinski definition) is 0. The number of hydrogen-bond acceptors (Lipinski definition) is 1. The summed E-state index contributed by atoms with van der Waals surface area (Å²) in [6.07, 6.45) is 0. The van der Waals surface area contributed by atoms with Crippen molar-refractivity contribution in [1.29, 1.82) is 0 Å². The van der Waals surface area contributed by atoms with Gasteiger partial charge in [-0.3, -0.25) is 0 Å². The molecule has 1 radical (unpaired) electrons. The van der Waals surface area contributed by atoms with Gasteiger partial charge in [0.25, 0.3) is 0 Å². The Balaban J connectivity index is 3.47. The molecule has 0 N–H and O–H groups in total. The third-order valence-electron chi connectivity index (χ3n) is 0.789. The van der Waals surface area contributed by atoms with E-state index in [1.54, 1.807) is 11.8 Å². The molecule has 1 unspecified atom stereocenters. The quantitative estimate of drug-likeness (QED) is 0.587. The van der Waals surface area contributed by atoms with Gasteiger partial charge in [0.05, 0.1) is 6.61 Å². The molecule has 0 fully saturated rings. The predicted molar refractivity (Wildman–Crippen MR) is 42.4 cm³/mol. The third-order valence-corrected chi connectivity index (χ3v) is 2.04. The molecule has 0 aliphatic carbocycles. The standard InChI is InChI=1S/C7H15OS/c1-6(5-8)9-7(2,3)4/h6H,5H2,1-4H3. The van der Waals surface area contributed by atoms with Gasteiger partial charge in [-0.15, -0.1) is 0 Å². The molecule has 0 aliphatic heterocycles. The van der Waals surface area contributed by atoms with Gasteiger partial charge in [0, 0.05) is 10.00 Å². The lowest BCUT2D eigenvalue weighted by Gasteiger charge is -2.20. The summed E-state index contributed by atoms with van der Waals surface area (Å²) >= 11 is 1.74. The monoisotopic (exact) mass is 147 g/mol. The fourth-order valence-electron chi connectivity index (χ4n) is 0.638. The first-order valence-corrected chi connectivity index (χ1v) is 4.09. The fourth-order valence-corrected chi connectivity index (χ4v) is 1.91. The Morgan fingerprint density at radius 2 is 1.89 bits per heavy atom. The highest BCUT2D eigenvalue weighted by Crippen LogP contribution is 2.27. The van der Waals surface area contributed by atoms with Crippen LogP contribution in [0.25, 0.3) is 0 Å². The smallest absolute Gasteiger partial charge is 0.0938 e. The van der Waals surface area contributed by atoms with Crippen LogP contribution >= 0.6 is 11.8 Å². The second-order valence-corrected chi connectivity index (χ2v) is 5.47. The molecule has 0 bridgehead atoms. The van der Waals surface area contributed by atoms with Gasteiger partial charge in [0.1, 0.15) is 0 Å². The van der Waals surface area contributed by atoms with Crippen molar-refractivity contribution in [2.75, 3.05) is 6.61 Å². The second kappa shape index (κ2) is 3.47. The van der Waals surface area contributed by atoms with Crippen molar-refractivity contribution in [3.05, 3.63) is 0 Å². The van der Waals surface area contributed by atoms with Gasteiger partial charge < -0.3 is 0 Å². The van der Waals surface area contributed by atoms with Gasteiger partial charge in [-0.25, -0.2) is 5.11 Å². The highest BCUT2D eigenvalue weighted by molar-refractivity contribution is 8.01. The van der Waals surface area contributed by atoms with Crippen LogP contribution in [-0.2, 0) is 5.11 Å². The SMILES string of the molecule is CC(C[O])SC(C)(C)C. The minimum Gasteiger partial charge on any atom is -0.236 e. The van der Waals surface area contributed by atoms with E-state index in [-0.39, 0.29) is 16.6 Å². The molecule has 0 aromatic heterocycles. The second-order valence-electron chi connectivity index (χ2n) is 3.21. The van der Waals surface area contributed by atoms with Crippen molar-refractivity contribution in [3.63, 3.8) is 0 Å². The average molecular weight is 147 g/mol. The van der Waals surface area contributed by atoms with Crippen LogP contribution in [0.15, 0.2) is 0 Å². The Morgan fingerprint density at radius 3 is 2.00 bits per heavy atom. The van der Waals surface area contributed by atoms with E-state index in [1.165, 1.54) is 0 Å². The summed E-state index contributed by atoms with van der Waals surface area (Å²) in [5, 5.41) is 10.5. The Bertz CT molecular complexity index is 75.5. The molecule has 9 heavy (non-hydrogen) atoms. The maximum absolute atomic E-state index is 10.3. The molecule has 1 nitrogen and oxygen atoms in total. The zero-order valence-corrected chi connectivity index (χ0v) is 7.42. The van der Waals surface area contributed by atoms with E-state index in [4.69, 9.17) is 0 Å². The van der Waals surface area contributed by atoms with Crippen molar-refractivity contribution < 1.29 is 5.11 Å². The molecule has 2 heteroatoms. The van der Waals surface area contributed by atoms with Crippen LogP contribution in [0.3, 0.4) is 0 Å². The Morgan fingerprint density at radius 1 is 1.44 bits per heavy atom. The van der Waals surface area contributed by atoms with E-state index < -0.39 is 0 Å². The van der Waals surface area contributed by atoms with Crippen LogP contribution in [0.5, 0.6) is 0 Å². The minimum atomic E-state index is 0.0297. The molecular weight excluding hydrogens is 132 g/mol. The van der Waals surface area contributed by atoms with Crippen LogP contribution in [-0.4, -0.2) is 16.6 Å². The first kappa shape index (κ1) is 9.31. The van der Waals surface area contributed by atoms with Crippen molar-refractivity contribution in [3.8, 4) is 0 Å². The van der Waals surface area contributed by atoms with Crippen LogP contribution < -0.4 is 0 Å². The first-order chi connectivity index (χ1) is 3.95. The third kappa shape index (κ3) is 6.19. The lowest BCUT2D eigenvalue weighted by atomic mass is 10.3. The fraction of sp³-hybridized carbons (Fsp3) is 1.00.